The van der Waals surface area contributed by atoms with Gasteiger partial charge in [-0.05, 0) is 47.6 Å². The van der Waals surface area contributed by atoms with Crippen LogP contribution in [0.25, 0.3) is 21.9 Å². The second-order valence-corrected chi connectivity index (χ2v) is 4.36. The average molecular weight is 380 g/mol. The van der Waals surface area contributed by atoms with Gasteiger partial charge in [0.05, 0.1) is 14.2 Å². The van der Waals surface area contributed by atoms with E-state index >= 15 is 0 Å². The van der Waals surface area contributed by atoms with E-state index in [1.165, 1.54) is 26.4 Å². The molecule has 10 heteroatoms. The SMILES string of the molecule is COc1cc(-c2ccc(N=C=O)c(OC)c2)ccc1N=C=O.[N-]=C=O.[N-]=C=O. The number of rotatable bonds is 5. The van der Waals surface area contributed by atoms with Crippen molar-refractivity contribution in [3.8, 4) is 22.6 Å². The Morgan fingerprint density at radius 2 is 1.04 bits per heavy atom. The zero-order valence-corrected chi connectivity index (χ0v) is 14.7. The lowest BCUT2D eigenvalue weighted by atomic mass is 10.0. The number of aliphatic imine (C=N–C) groups is 2. The maximum atomic E-state index is 10.4. The van der Waals surface area contributed by atoms with E-state index in [0.717, 1.165) is 11.1 Å². The number of benzene rings is 2. The van der Waals surface area contributed by atoms with Gasteiger partial charge in [-0.15, -0.1) is 0 Å². The molecule has 2 aromatic rings. The highest BCUT2D eigenvalue weighted by molar-refractivity contribution is 5.74. The summed E-state index contributed by atoms with van der Waals surface area (Å²) in [6, 6.07) is 10.4. The number of hydrogen-bond acceptors (Lipinski definition) is 8. The number of methoxy groups -OCH3 is 2. The minimum atomic E-state index is 0.399. The molecule has 142 valence electrons. The first-order valence-electron chi connectivity index (χ1n) is 7.11. The van der Waals surface area contributed by atoms with Crippen molar-refractivity contribution in [1.29, 1.82) is 0 Å². The van der Waals surface area contributed by atoms with Crippen molar-refractivity contribution in [3.05, 3.63) is 47.2 Å². The molecule has 0 atom stereocenters. The Hall–Kier alpha value is -4.44. The molecule has 0 fully saturated rings. The van der Waals surface area contributed by atoms with E-state index in [-0.39, 0.29) is 0 Å². The molecule has 0 N–H and O–H groups in total. The predicted octanol–water partition coefficient (Wildman–Crippen LogP) is 3.09. The molecule has 0 amide bonds. The summed E-state index contributed by atoms with van der Waals surface area (Å²) >= 11 is 0. The lowest BCUT2D eigenvalue weighted by Gasteiger charge is -2.09. The first-order valence-corrected chi connectivity index (χ1v) is 7.11. The van der Waals surface area contributed by atoms with Crippen molar-refractivity contribution in [2.24, 2.45) is 9.98 Å². The molecule has 0 unspecified atom stereocenters. The van der Waals surface area contributed by atoms with Gasteiger partial charge in [-0.2, -0.15) is 9.98 Å². The Labute approximate surface area is 159 Å². The smallest absolute Gasteiger partial charge is 0.240 e. The summed E-state index contributed by atoms with van der Waals surface area (Å²) in [5.41, 5.74) is 2.47. The third-order valence-corrected chi connectivity index (χ3v) is 3.02. The number of nitrogens with zero attached hydrogens (tertiary/aromatic N) is 4. The second kappa shape index (κ2) is 13.8. The van der Waals surface area contributed by atoms with Gasteiger partial charge in [0.25, 0.3) is 0 Å². The van der Waals surface area contributed by atoms with E-state index in [1.807, 2.05) is 0 Å². The lowest BCUT2D eigenvalue weighted by Crippen LogP contribution is -1.87. The van der Waals surface area contributed by atoms with E-state index in [1.54, 1.807) is 36.4 Å². The highest BCUT2D eigenvalue weighted by Gasteiger charge is 2.08. The summed E-state index contributed by atoms with van der Waals surface area (Å²) in [5.74, 6) is 0.907. The van der Waals surface area contributed by atoms with E-state index in [9.17, 15) is 9.59 Å². The van der Waals surface area contributed by atoms with Gasteiger partial charge in [0.15, 0.2) is 0 Å². The fourth-order valence-electron chi connectivity index (χ4n) is 2.00. The zero-order chi connectivity index (χ0) is 21.4. The molecule has 0 heterocycles. The zero-order valence-electron chi connectivity index (χ0n) is 14.7. The standard InChI is InChI=1S/C16H12N2O4.2CNO/c1-21-15-7-11(3-5-13(15)17-9-19)12-4-6-14(18-10-20)16(8-12)22-2;2*2-1-3/h3-8H,1-2H3;;/q;2*-1. The van der Waals surface area contributed by atoms with Gasteiger partial charge in [-0.25, -0.2) is 9.59 Å². The van der Waals surface area contributed by atoms with E-state index in [4.69, 9.17) is 29.9 Å². The maximum Gasteiger partial charge on any atom is 0.240 e. The highest BCUT2D eigenvalue weighted by Crippen LogP contribution is 2.36. The summed E-state index contributed by atoms with van der Waals surface area (Å²) in [6.45, 7) is 0. The van der Waals surface area contributed by atoms with Crippen LogP contribution in [0.3, 0.4) is 0 Å². The van der Waals surface area contributed by atoms with Crippen LogP contribution in [0.15, 0.2) is 46.4 Å². The van der Waals surface area contributed by atoms with Gasteiger partial charge < -0.3 is 20.3 Å². The molecule has 2 aromatic carbocycles. The molecule has 0 aliphatic heterocycles. The van der Waals surface area contributed by atoms with Crippen LogP contribution in [-0.2, 0) is 19.2 Å². The Morgan fingerprint density at radius 3 is 1.29 bits per heavy atom. The molecule has 0 saturated carbocycles. The third kappa shape index (κ3) is 7.21. The van der Waals surface area contributed by atoms with Crippen molar-refractivity contribution >= 4 is 35.7 Å². The van der Waals surface area contributed by atoms with Crippen LogP contribution in [-0.4, -0.2) is 38.5 Å². The number of hydrogen-bond donors (Lipinski definition) is 0. The van der Waals surface area contributed by atoms with Gasteiger partial charge in [-0.3, -0.25) is 9.59 Å². The molecule has 0 bridgehead atoms. The molecule has 0 saturated heterocycles. The molecular formula is C18H12N4O6-2. The lowest BCUT2D eigenvalue weighted by molar-refractivity contribution is 0.415. The van der Waals surface area contributed by atoms with Crippen LogP contribution in [0.5, 0.6) is 11.5 Å². The molecule has 0 aliphatic rings. The minimum absolute atomic E-state index is 0.399. The molecule has 0 spiro atoms. The summed E-state index contributed by atoms with van der Waals surface area (Å²) < 4.78 is 10.4. The van der Waals surface area contributed by atoms with Gasteiger partial charge >= 0.3 is 0 Å². The number of ether oxygens (including phenoxy) is 2. The molecule has 10 nitrogen and oxygen atoms in total. The molecule has 2 rings (SSSR count). The highest BCUT2D eigenvalue weighted by atomic mass is 16.5. The average Bonchev–Trinajstić information content (AvgIpc) is 2.70. The molecule has 0 aliphatic carbocycles. The summed E-state index contributed by atoms with van der Waals surface area (Å²) in [4.78, 5) is 44.4. The van der Waals surface area contributed by atoms with E-state index in [2.05, 4.69) is 9.98 Å². The second-order valence-electron chi connectivity index (χ2n) is 4.36. The Bertz CT molecular complexity index is 885. The first-order chi connectivity index (χ1) is 13.6. The van der Waals surface area contributed by atoms with Gasteiger partial charge in [-0.1, -0.05) is 12.1 Å². The normalized spacial score (nSPS) is 7.93. The largest absolute Gasteiger partial charge is 0.724 e. The van der Waals surface area contributed by atoms with Crippen LogP contribution in [0.1, 0.15) is 0 Å². The fourth-order valence-corrected chi connectivity index (χ4v) is 2.00. The van der Waals surface area contributed by atoms with Crippen molar-refractivity contribution in [2.75, 3.05) is 14.2 Å². The minimum Gasteiger partial charge on any atom is -0.724 e. The molecule has 0 aromatic heterocycles. The Balaban J connectivity index is 0.00000108. The third-order valence-electron chi connectivity index (χ3n) is 3.02. The van der Waals surface area contributed by atoms with Crippen LogP contribution < -0.4 is 9.47 Å². The monoisotopic (exact) mass is 380 g/mol. The van der Waals surface area contributed by atoms with Crippen LogP contribution in [0.2, 0.25) is 0 Å². The van der Waals surface area contributed by atoms with E-state index in [0.29, 0.717) is 35.0 Å². The van der Waals surface area contributed by atoms with Crippen molar-refractivity contribution in [2.45, 2.75) is 0 Å². The summed E-state index contributed by atoms with van der Waals surface area (Å²) in [6.07, 6.45) is 3.97. The molecular weight excluding hydrogens is 368 g/mol. The van der Waals surface area contributed by atoms with Crippen molar-refractivity contribution in [3.63, 3.8) is 0 Å². The van der Waals surface area contributed by atoms with Crippen molar-refractivity contribution < 1.29 is 28.7 Å². The van der Waals surface area contributed by atoms with Gasteiger partial charge in [0.1, 0.15) is 22.9 Å². The van der Waals surface area contributed by atoms with Crippen molar-refractivity contribution in [1.82, 2.24) is 0 Å². The maximum absolute atomic E-state index is 10.4. The summed E-state index contributed by atoms with van der Waals surface area (Å²) in [5, 5.41) is 13.5. The first kappa shape index (κ1) is 23.6. The van der Waals surface area contributed by atoms with Crippen LogP contribution in [0.4, 0.5) is 11.4 Å². The predicted molar refractivity (Wildman–Crippen MR) is 98.7 cm³/mol. The van der Waals surface area contributed by atoms with Gasteiger partial charge in [0.2, 0.25) is 12.2 Å². The van der Waals surface area contributed by atoms with E-state index < -0.39 is 0 Å². The molecule has 28 heavy (non-hydrogen) atoms. The molecule has 0 radical (unpaired) electrons. The topological polar surface area (TPSA) is 156 Å². The number of carbonyl (C=O) groups excluding carboxylic acids is 4. The van der Waals surface area contributed by atoms with Crippen LogP contribution >= 0.6 is 0 Å². The van der Waals surface area contributed by atoms with Gasteiger partial charge in [0, 0.05) is 0 Å². The quantitative estimate of drug-likeness (QED) is 0.573. The summed E-state index contributed by atoms with van der Waals surface area (Å²) in [7, 11) is 2.98. The van der Waals surface area contributed by atoms with Crippen LogP contribution in [0, 0.1) is 0 Å². The number of isocyanates is 4. The fraction of sp³-hybridized carbons (Fsp3) is 0.111. The Kier molecular flexibility index (Phi) is 11.6. The Morgan fingerprint density at radius 1 is 0.714 bits per heavy atom.